The van der Waals surface area contributed by atoms with Crippen molar-refractivity contribution in [2.75, 3.05) is 19.8 Å². The summed E-state index contributed by atoms with van der Waals surface area (Å²) in [5.74, 6) is 0.541. The second-order valence-electron chi connectivity index (χ2n) is 2.90. The third-order valence-electron chi connectivity index (χ3n) is 1.59. The highest BCUT2D eigenvalue weighted by molar-refractivity contribution is 9.10. The molecule has 0 saturated heterocycles. The van der Waals surface area contributed by atoms with Gasteiger partial charge in [0.25, 0.3) is 0 Å². The van der Waals surface area contributed by atoms with Crippen molar-refractivity contribution in [2.45, 2.75) is 13.3 Å². The monoisotopic (exact) mass is 293 g/mol. The zero-order chi connectivity index (χ0) is 11.1. The Morgan fingerprint density at radius 3 is 2.87 bits per heavy atom. The fourth-order valence-corrected chi connectivity index (χ4v) is 1.71. The quantitative estimate of drug-likeness (QED) is 0.754. The van der Waals surface area contributed by atoms with Crippen molar-refractivity contribution >= 4 is 27.5 Å². The molecule has 84 valence electrons. The van der Waals surface area contributed by atoms with Crippen LogP contribution in [0.25, 0.3) is 0 Å². The Kier molecular flexibility index (Phi) is 5.98. The first kappa shape index (κ1) is 12.7. The Morgan fingerprint density at radius 1 is 1.40 bits per heavy atom. The minimum absolute atomic E-state index is 0.493. The first-order chi connectivity index (χ1) is 7.24. The van der Waals surface area contributed by atoms with Gasteiger partial charge in [-0.15, -0.1) is 0 Å². The van der Waals surface area contributed by atoms with E-state index in [1.54, 1.807) is 12.3 Å². The Bertz CT molecular complexity index is 309. The van der Waals surface area contributed by atoms with E-state index < -0.39 is 0 Å². The first-order valence-corrected chi connectivity index (χ1v) is 5.92. The summed E-state index contributed by atoms with van der Waals surface area (Å²) in [5, 5.41) is 0.580. The van der Waals surface area contributed by atoms with Crippen LogP contribution in [0.15, 0.2) is 16.7 Å². The molecular weight excluding hydrogens is 281 g/mol. The number of hydrogen-bond acceptors (Lipinski definition) is 3. The van der Waals surface area contributed by atoms with Crippen LogP contribution in [0.2, 0.25) is 5.02 Å². The molecule has 0 aromatic carbocycles. The molecule has 0 saturated carbocycles. The van der Waals surface area contributed by atoms with Gasteiger partial charge in [-0.3, -0.25) is 0 Å². The highest BCUT2D eigenvalue weighted by Crippen LogP contribution is 2.24. The van der Waals surface area contributed by atoms with E-state index >= 15 is 0 Å². The van der Waals surface area contributed by atoms with Gasteiger partial charge in [0.15, 0.2) is 0 Å². The number of hydrogen-bond donors (Lipinski definition) is 0. The standard InChI is InChI=1S/C10H13BrClNO2/c1-2-3-14-4-5-15-10-9(11)6-8(12)7-13-10/h6-7H,2-5H2,1H3. The zero-order valence-electron chi connectivity index (χ0n) is 8.50. The minimum Gasteiger partial charge on any atom is -0.474 e. The Balaban J connectivity index is 2.31. The van der Waals surface area contributed by atoms with Gasteiger partial charge >= 0.3 is 0 Å². The molecule has 3 nitrogen and oxygen atoms in total. The highest BCUT2D eigenvalue weighted by atomic mass is 79.9. The second kappa shape index (κ2) is 7.04. The van der Waals surface area contributed by atoms with Gasteiger partial charge in [-0.25, -0.2) is 4.98 Å². The summed E-state index contributed by atoms with van der Waals surface area (Å²) >= 11 is 9.06. The second-order valence-corrected chi connectivity index (χ2v) is 4.19. The first-order valence-electron chi connectivity index (χ1n) is 4.75. The number of aromatic nitrogens is 1. The fourth-order valence-electron chi connectivity index (χ4n) is 0.952. The maximum atomic E-state index is 5.75. The average Bonchev–Trinajstić information content (AvgIpc) is 2.20. The molecule has 5 heteroatoms. The van der Waals surface area contributed by atoms with E-state index in [9.17, 15) is 0 Å². The van der Waals surface area contributed by atoms with E-state index in [4.69, 9.17) is 21.1 Å². The predicted octanol–water partition coefficient (Wildman–Crippen LogP) is 3.30. The topological polar surface area (TPSA) is 31.4 Å². The molecule has 0 spiro atoms. The average molecular weight is 295 g/mol. The molecule has 0 aliphatic rings. The highest BCUT2D eigenvalue weighted by Gasteiger charge is 2.02. The number of nitrogens with zero attached hydrogens (tertiary/aromatic N) is 1. The largest absolute Gasteiger partial charge is 0.474 e. The Labute approximate surface area is 103 Å². The molecular formula is C10H13BrClNO2. The summed E-state index contributed by atoms with van der Waals surface area (Å²) in [7, 11) is 0. The van der Waals surface area contributed by atoms with Crippen molar-refractivity contribution in [1.82, 2.24) is 4.98 Å². The molecule has 0 aliphatic heterocycles. The minimum atomic E-state index is 0.493. The lowest BCUT2D eigenvalue weighted by molar-refractivity contribution is 0.0987. The summed E-state index contributed by atoms with van der Waals surface area (Å²) < 4.78 is 11.4. The molecule has 1 aromatic rings. The van der Waals surface area contributed by atoms with Crippen LogP contribution in [0.4, 0.5) is 0 Å². The van der Waals surface area contributed by atoms with E-state index in [0.29, 0.717) is 24.1 Å². The number of rotatable bonds is 6. The predicted molar refractivity (Wildman–Crippen MR) is 63.6 cm³/mol. The summed E-state index contributed by atoms with van der Waals surface area (Å²) in [5.41, 5.74) is 0. The fraction of sp³-hybridized carbons (Fsp3) is 0.500. The third-order valence-corrected chi connectivity index (χ3v) is 2.36. The molecule has 0 aliphatic carbocycles. The maximum Gasteiger partial charge on any atom is 0.228 e. The lowest BCUT2D eigenvalue weighted by Crippen LogP contribution is -2.08. The molecule has 0 atom stereocenters. The summed E-state index contributed by atoms with van der Waals surface area (Å²) in [6.07, 6.45) is 2.57. The van der Waals surface area contributed by atoms with Crippen LogP contribution in [0.3, 0.4) is 0 Å². The van der Waals surface area contributed by atoms with Gasteiger partial charge in [0, 0.05) is 12.8 Å². The van der Waals surface area contributed by atoms with Crippen molar-refractivity contribution in [1.29, 1.82) is 0 Å². The Morgan fingerprint density at radius 2 is 2.20 bits per heavy atom. The summed E-state index contributed by atoms with van der Waals surface area (Å²) in [6, 6.07) is 1.75. The number of ether oxygens (including phenoxy) is 2. The van der Waals surface area contributed by atoms with E-state index in [1.165, 1.54) is 0 Å². The van der Waals surface area contributed by atoms with E-state index in [-0.39, 0.29) is 0 Å². The number of halogens is 2. The molecule has 15 heavy (non-hydrogen) atoms. The van der Waals surface area contributed by atoms with Gasteiger partial charge in [0.05, 0.1) is 16.1 Å². The summed E-state index contributed by atoms with van der Waals surface area (Å²) in [6.45, 7) is 3.90. The molecule has 1 rings (SSSR count). The zero-order valence-corrected chi connectivity index (χ0v) is 10.8. The van der Waals surface area contributed by atoms with Crippen LogP contribution >= 0.6 is 27.5 Å². The molecule has 0 N–H and O–H groups in total. The molecule has 0 amide bonds. The third kappa shape index (κ3) is 4.82. The Hall–Kier alpha value is -0.320. The molecule has 1 aromatic heterocycles. The van der Waals surface area contributed by atoms with E-state index in [0.717, 1.165) is 17.5 Å². The molecule has 0 unspecified atom stereocenters. The van der Waals surface area contributed by atoms with Crippen LogP contribution in [0.1, 0.15) is 13.3 Å². The van der Waals surface area contributed by atoms with E-state index in [1.807, 2.05) is 0 Å². The lowest BCUT2D eigenvalue weighted by Gasteiger charge is -2.07. The van der Waals surface area contributed by atoms with Crippen molar-refractivity contribution in [3.8, 4) is 5.88 Å². The van der Waals surface area contributed by atoms with Crippen LogP contribution in [0, 0.1) is 0 Å². The van der Waals surface area contributed by atoms with Gasteiger partial charge in [-0.1, -0.05) is 18.5 Å². The maximum absolute atomic E-state index is 5.75. The van der Waals surface area contributed by atoms with Gasteiger partial charge in [-0.2, -0.15) is 0 Å². The van der Waals surface area contributed by atoms with Crippen LogP contribution in [-0.4, -0.2) is 24.8 Å². The van der Waals surface area contributed by atoms with Crippen molar-refractivity contribution in [3.05, 3.63) is 21.8 Å². The van der Waals surface area contributed by atoms with Crippen molar-refractivity contribution < 1.29 is 9.47 Å². The summed E-state index contributed by atoms with van der Waals surface area (Å²) in [4.78, 5) is 4.04. The van der Waals surface area contributed by atoms with Gasteiger partial charge in [-0.05, 0) is 28.4 Å². The van der Waals surface area contributed by atoms with Crippen molar-refractivity contribution in [3.63, 3.8) is 0 Å². The van der Waals surface area contributed by atoms with Crippen LogP contribution in [0.5, 0.6) is 5.88 Å². The number of pyridine rings is 1. The lowest BCUT2D eigenvalue weighted by atomic mass is 10.5. The van der Waals surface area contributed by atoms with Gasteiger partial charge in [0.2, 0.25) is 5.88 Å². The molecule has 1 heterocycles. The van der Waals surface area contributed by atoms with Crippen LogP contribution < -0.4 is 4.74 Å². The van der Waals surface area contributed by atoms with Crippen molar-refractivity contribution in [2.24, 2.45) is 0 Å². The molecule has 0 fully saturated rings. The van der Waals surface area contributed by atoms with E-state index in [2.05, 4.69) is 27.8 Å². The smallest absolute Gasteiger partial charge is 0.228 e. The van der Waals surface area contributed by atoms with Gasteiger partial charge in [0.1, 0.15) is 6.61 Å². The van der Waals surface area contributed by atoms with Gasteiger partial charge < -0.3 is 9.47 Å². The van der Waals surface area contributed by atoms with Crippen LogP contribution in [-0.2, 0) is 4.74 Å². The molecule has 0 radical (unpaired) electrons. The SMILES string of the molecule is CCCOCCOc1ncc(Cl)cc1Br. The molecule has 0 bridgehead atoms. The normalized spacial score (nSPS) is 10.3.